The van der Waals surface area contributed by atoms with Gasteiger partial charge in [0, 0.05) is 142 Å². The molecule has 0 bridgehead atoms. The Labute approximate surface area is 856 Å². The average molecular weight is 1900 g/mol. The second-order valence-corrected chi connectivity index (χ2v) is 37.2. The van der Waals surface area contributed by atoms with Gasteiger partial charge in [-0.3, -0.25) is 0 Å². The van der Waals surface area contributed by atoms with Crippen molar-refractivity contribution in [1.29, 1.82) is 0 Å². The first-order valence-corrected chi connectivity index (χ1v) is 49.8. The van der Waals surface area contributed by atoms with Gasteiger partial charge in [-0.05, 0) is 97.2 Å². The molecule has 0 saturated heterocycles. The zero-order valence-corrected chi connectivity index (χ0v) is 80.2. The molecule has 0 unspecified atom stereocenters. The Kier molecular flexibility index (Phi) is 22.0. The number of hydrogen-bond acceptors (Lipinski definition) is 12. The summed E-state index contributed by atoms with van der Waals surface area (Å²) < 4.78 is 6.23. The van der Waals surface area contributed by atoms with Crippen LogP contribution >= 0.6 is 0 Å². The lowest BCUT2D eigenvalue weighted by atomic mass is 9.91. The second kappa shape index (κ2) is 37.5. The summed E-state index contributed by atoms with van der Waals surface area (Å²) in [6.07, 6.45) is 5.76. The molecule has 12 nitrogen and oxygen atoms in total. The van der Waals surface area contributed by atoms with Crippen LogP contribution in [0.2, 0.25) is 0 Å². The first-order chi connectivity index (χ1) is 73.8. The fourth-order valence-corrected chi connectivity index (χ4v) is 21.2. The summed E-state index contributed by atoms with van der Waals surface area (Å²) in [5, 5.41) is 20.4. The van der Waals surface area contributed by atoms with Crippen molar-refractivity contribution < 1.29 is 4.42 Å². The smallest absolute Gasteiger partial charge is 0.164 e. The van der Waals surface area contributed by atoms with Gasteiger partial charge in [0.25, 0.3) is 0 Å². The van der Waals surface area contributed by atoms with Crippen molar-refractivity contribution in [2.24, 2.45) is 0 Å². The summed E-state index contributed by atoms with van der Waals surface area (Å²) in [4.78, 5) is 56.3. The summed E-state index contributed by atoms with van der Waals surface area (Å²) in [7, 11) is 0. The third-order valence-electron chi connectivity index (χ3n) is 28.3. The highest BCUT2D eigenvalue weighted by molar-refractivity contribution is 6.24. The summed E-state index contributed by atoms with van der Waals surface area (Å²) in [5.74, 6) is 7.15. The van der Waals surface area contributed by atoms with E-state index in [9.17, 15) is 0 Å². The van der Waals surface area contributed by atoms with Crippen LogP contribution in [0.3, 0.4) is 0 Å². The van der Waals surface area contributed by atoms with Crippen LogP contribution in [-0.4, -0.2) is 54.8 Å². The number of pyridine rings is 3. The molecule has 0 saturated carbocycles. The Morgan fingerprint density at radius 2 is 0.470 bits per heavy atom. The molecule has 7 heterocycles. The van der Waals surface area contributed by atoms with Crippen molar-refractivity contribution in [2.75, 3.05) is 0 Å². The molecule has 7 aromatic heterocycles. The molecule has 29 rings (SSSR count). The zero-order valence-electron chi connectivity index (χ0n) is 80.2. The van der Waals surface area contributed by atoms with E-state index in [2.05, 4.69) is 346 Å². The standard InChI is InChI=1S/C48H28N4O.C45H27N3.C44H28N4/c1-2-13-32(14-3-1)46-50-47(52-48(51-46)39-18-10-20-41-43(39)36-17-8-9-19-40(36)53-41)33-23-21-31(22-24-33)42-37-27-25-29-11-4-6-15-34(29)44(37)49-45-35-16-7-5-12-30(35)26-28-38(42)45;1-2-29-12-10-17-33(26-29)40-28-41(47-45(46-40)32-15-4-3-5-16-32)34-18-11-19-35(27-34)42-38-24-22-30-13-6-8-20-36(30)43(38)48-44-37-21-9-7-14-31(37)23-25-39(42)44;1-3-13-29(14-4-1)34-18-9-10-20-36(34)44-47-42(32-16-5-2-6-17-32)46-43(48-44)33-25-23-31(24-26-33)40-37-21-11-12-22-39(37)45-41-35-19-8-7-15-30(35)27-28-38(40)41/h1-28H;1,3-28H;1-28H. The van der Waals surface area contributed by atoms with Crippen LogP contribution in [0, 0.1) is 12.3 Å². The molecule has 0 aliphatic carbocycles. The van der Waals surface area contributed by atoms with Crippen LogP contribution in [0.4, 0.5) is 0 Å². The van der Waals surface area contributed by atoms with Gasteiger partial charge >= 0.3 is 0 Å². The highest BCUT2D eigenvalue weighted by Crippen LogP contribution is 2.47. The van der Waals surface area contributed by atoms with Gasteiger partial charge < -0.3 is 4.42 Å². The van der Waals surface area contributed by atoms with E-state index in [0.29, 0.717) is 40.8 Å². The lowest BCUT2D eigenvalue weighted by Crippen LogP contribution is -2.01. The molecule has 692 valence electrons. The maximum absolute atomic E-state index is 6.23. The first kappa shape index (κ1) is 87.6. The summed E-state index contributed by atoms with van der Waals surface area (Å²) >= 11 is 0. The van der Waals surface area contributed by atoms with E-state index in [1.807, 2.05) is 158 Å². The molecule has 0 aliphatic heterocycles. The molecule has 0 aliphatic rings. The van der Waals surface area contributed by atoms with Gasteiger partial charge in [0.05, 0.1) is 44.5 Å². The van der Waals surface area contributed by atoms with Crippen molar-refractivity contribution in [3.05, 3.63) is 503 Å². The lowest BCUT2D eigenvalue weighted by Gasteiger charge is -2.16. The maximum Gasteiger partial charge on any atom is 0.164 e. The van der Waals surface area contributed by atoms with Crippen LogP contribution < -0.4 is 0 Å². The predicted molar refractivity (Wildman–Crippen MR) is 614 cm³/mol. The first-order valence-electron chi connectivity index (χ1n) is 49.8. The summed E-state index contributed by atoms with van der Waals surface area (Å²) in [6.45, 7) is 0. The largest absolute Gasteiger partial charge is 0.456 e. The predicted octanol–water partition coefficient (Wildman–Crippen LogP) is 34.6. The number of terminal acetylenes is 1. The maximum atomic E-state index is 6.23. The Hall–Kier alpha value is -20.4. The van der Waals surface area contributed by atoms with E-state index < -0.39 is 0 Å². The minimum Gasteiger partial charge on any atom is -0.456 e. The molecule has 0 radical (unpaired) electrons. The van der Waals surface area contributed by atoms with Crippen LogP contribution in [0.25, 0.3) is 288 Å². The van der Waals surface area contributed by atoms with Gasteiger partial charge in [0.2, 0.25) is 0 Å². The van der Waals surface area contributed by atoms with Gasteiger partial charge in [-0.2, -0.15) is 0 Å². The molecule has 0 N–H and O–H groups in total. The second-order valence-electron chi connectivity index (χ2n) is 37.2. The number of para-hydroxylation sites is 2. The number of furan rings is 1. The van der Waals surface area contributed by atoms with Gasteiger partial charge in [0.1, 0.15) is 11.2 Å². The zero-order chi connectivity index (χ0) is 98.8. The SMILES string of the molecule is C#Cc1cccc(-c2cc(-c3cccc(-c4c5ccc6ccccc6c5nc5c4ccc4ccccc45)c3)nc(-c3ccccc3)n2)c1.c1ccc(-c2nc(-c3ccc(-c4c5ccc6ccccc6c5nc5c4ccc4ccccc45)cc3)nc(-c3cccc4oc5ccccc5c34)n2)cc1.c1ccc(-c2nc(-c3ccc(-c4c5ccccc5nc5c4ccc4ccccc45)cc3)nc(-c3ccccc3-c3ccccc3)n2)cc1. The van der Waals surface area contributed by atoms with Crippen molar-refractivity contribution in [1.82, 2.24) is 54.8 Å². The number of fused-ring (bicyclic) bond motifs is 19. The van der Waals surface area contributed by atoms with Crippen LogP contribution in [0.15, 0.2) is 502 Å². The van der Waals surface area contributed by atoms with E-state index in [4.69, 9.17) is 65.7 Å². The van der Waals surface area contributed by atoms with Crippen molar-refractivity contribution >= 4 is 141 Å². The number of nitrogens with zero attached hydrogens (tertiary/aromatic N) is 11. The fraction of sp³-hybridized carbons (Fsp3) is 0. The molecule has 0 amide bonds. The molecule has 149 heavy (non-hydrogen) atoms. The van der Waals surface area contributed by atoms with Gasteiger partial charge in [-0.1, -0.05) is 461 Å². The Morgan fingerprint density at radius 3 is 0.926 bits per heavy atom. The Morgan fingerprint density at radius 1 is 0.168 bits per heavy atom. The van der Waals surface area contributed by atoms with E-state index in [1.54, 1.807) is 0 Å². The summed E-state index contributed by atoms with van der Waals surface area (Å²) in [6, 6.07) is 172. The number of benzene rings is 22. The highest BCUT2D eigenvalue weighted by atomic mass is 16.3. The number of aromatic nitrogens is 11. The van der Waals surface area contributed by atoms with Crippen molar-refractivity contribution in [3.63, 3.8) is 0 Å². The Bertz CT molecular complexity index is 10300. The number of hydrogen-bond donors (Lipinski definition) is 0. The van der Waals surface area contributed by atoms with Crippen LogP contribution in [0.1, 0.15) is 5.56 Å². The van der Waals surface area contributed by atoms with Gasteiger partial charge in [-0.15, -0.1) is 6.42 Å². The van der Waals surface area contributed by atoms with Gasteiger partial charge in [0.15, 0.2) is 40.8 Å². The molecular weight excluding hydrogens is 1820 g/mol. The van der Waals surface area contributed by atoms with E-state index in [-0.39, 0.29) is 0 Å². The molecule has 22 aromatic carbocycles. The van der Waals surface area contributed by atoms with Crippen molar-refractivity contribution in [3.8, 4) is 159 Å². The quantitative estimate of drug-likeness (QED) is 0.0613. The molecule has 29 aromatic rings. The Balaban J connectivity index is 0.000000110. The fourth-order valence-electron chi connectivity index (χ4n) is 21.2. The van der Waals surface area contributed by atoms with Crippen LogP contribution in [0.5, 0.6) is 0 Å². The highest BCUT2D eigenvalue weighted by Gasteiger charge is 2.26. The minimum absolute atomic E-state index is 0.597. The number of rotatable bonds is 13. The minimum atomic E-state index is 0.597. The van der Waals surface area contributed by atoms with Crippen LogP contribution in [-0.2, 0) is 0 Å². The summed E-state index contributed by atoms with van der Waals surface area (Å²) in [5.41, 5.74) is 27.6. The molecule has 12 heteroatoms. The van der Waals surface area contributed by atoms with E-state index >= 15 is 0 Å². The van der Waals surface area contributed by atoms with Crippen molar-refractivity contribution in [2.45, 2.75) is 0 Å². The average Bonchev–Trinajstić information content (AvgIpc) is 1.34. The monoisotopic (exact) mass is 1900 g/mol. The third-order valence-corrected chi connectivity index (χ3v) is 28.3. The topological polar surface area (TPSA) is 155 Å². The van der Waals surface area contributed by atoms with E-state index in [1.165, 1.54) is 32.5 Å². The molecular formula is C137H83N11O. The normalized spacial score (nSPS) is 11.5. The van der Waals surface area contributed by atoms with E-state index in [0.717, 1.165) is 220 Å². The lowest BCUT2D eigenvalue weighted by molar-refractivity contribution is 0.669. The molecule has 0 atom stereocenters. The molecule has 0 fully saturated rings. The van der Waals surface area contributed by atoms with Gasteiger partial charge in [-0.25, -0.2) is 54.8 Å². The molecule has 0 spiro atoms. The third kappa shape index (κ3) is 16.2.